The third-order valence-corrected chi connectivity index (χ3v) is 3.60. The Balaban J connectivity index is 1.77. The lowest BCUT2D eigenvalue weighted by Gasteiger charge is -2.20. The molecule has 4 heteroatoms. The zero-order valence-corrected chi connectivity index (χ0v) is 11.7. The molecule has 0 aromatic heterocycles. The Morgan fingerprint density at radius 3 is 2.56 bits per heavy atom. The standard InChI is InChI=1S/C14H21N3S/c1-2-17(13-7-8-13)10-9-16-12-5-3-11(4-6-12)14(15)18/h3-6,13,16H,2,7-10H2,1H3,(H2,15,18). The van der Waals surface area contributed by atoms with Crippen LogP contribution in [-0.4, -0.2) is 35.6 Å². The average Bonchev–Trinajstić information content (AvgIpc) is 3.19. The molecule has 0 saturated heterocycles. The van der Waals surface area contributed by atoms with E-state index in [-0.39, 0.29) is 0 Å². The van der Waals surface area contributed by atoms with Crippen LogP contribution in [0.1, 0.15) is 25.3 Å². The quantitative estimate of drug-likeness (QED) is 0.740. The number of nitrogens with one attached hydrogen (secondary N) is 1. The van der Waals surface area contributed by atoms with Gasteiger partial charge in [0.25, 0.3) is 0 Å². The number of anilines is 1. The summed E-state index contributed by atoms with van der Waals surface area (Å²) in [7, 11) is 0. The molecule has 0 atom stereocenters. The first-order chi connectivity index (χ1) is 8.70. The molecule has 0 aliphatic heterocycles. The molecule has 0 bridgehead atoms. The second-order valence-electron chi connectivity index (χ2n) is 4.73. The van der Waals surface area contributed by atoms with Crippen LogP contribution in [0.3, 0.4) is 0 Å². The summed E-state index contributed by atoms with van der Waals surface area (Å²) in [4.78, 5) is 2.99. The molecule has 1 fully saturated rings. The third-order valence-electron chi connectivity index (χ3n) is 3.37. The minimum atomic E-state index is 0.451. The van der Waals surface area contributed by atoms with Crippen LogP contribution in [0.15, 0.2) is 24.3 Å². The molecule has 3 N–H and O–H groups in total. The molecule has 1 aromatic carbocycles. The van der Waals surface area contributed by atoms with Crippen LogP contribution in [0.4, 0.5) is 5.69 Å². The molecule has 98 valence electrons. The Kier molecular flexibility index (Phi) is 4.55. The first-order valence-corrected chi connectivity index (χ1v) is 6.99. The minimum absolute atomic E-state index is 0.451. The number of nitrogens with zero attached hydrogens (tertiary/aromatic N) is 1. The van der Waals surface area contributed by atoms with E-state index in [1.807, 2.05) is 24.3 Å². The summed E-state index contributed by atoms with van der Waals surface area (Å²) >= 11 is 4.93. The Morgan fingerprint density at radius 1 is 1.39 bits per heavy atom. The molecule has 1 aliphatic rings. The summed E-state index contributed by atoms with van der Waals surface area (Å²) in [5.74, 6) is 0. The van der Waals surface area contributed by atoms with Crippen molar-refractivity contribution >= 4 is 22.9 Å². The lowest BCUT2D eigenvalue weighted by atomic mass is 10.2. The first-order valence-electron chi connectivity index (χ1n) is 6.58. The monoisotopic (exact) mass is 263 g/mol. The maximum Gasteiger partial charge on any atom is 0.103 e. The molecule has 0 heterocycles. The second kappa shape index (κ2) is 6.16. The van der Waals surface area contributed by atoms with Gasteiger partial charge in [-0.1, -0.05) is 19.1 Å². The molecule has 0 radical (unpaired) electrons. The van der Waals surface area contributed by atoms with Crippen molar-refractivity contribution in [2.24, 2.45) is 5.73 Å². The van der Waals surface area contributed by atoms with Crippen LogP contribution < -0.4 is 11.1 Å². The van der Waals surface area contributed by atoms with Gasteiger partial charge in [0.2, 0.25) is 0 Å². The Hall–Kier alpha value is -1.13. The summed E-state index contributed by atoms with van der Waals surface area (Å²) in [5.41, 5.74) is 7.61. The van der Waals surface area contributed by atoms with Crippen molar-refractivity contribution in [3.63, 3.8) is 0 Å². The van der Waals surface area contributed by atoms with E-state index in [2.05, 4.69) is 17.1 Å². The van der Waals surface area contributed by atoms with Crippen molar-refractivity contribution in [1.29, 1.82) is 0 Å². The number of rotatable bonds is 7. The summed E-state index contributed by atoms with van der Waals surface area (Å²) in [6.45, 7) is 5.47. The Morgan fingerprint density at radius 2 is 2.06 bits per heavy atom. The highest BCUT2D eigenvalue weighted by atomic mass is 32.1. The van der Waals surface area contributed by atoms with Gasteiger partial charge in [0, 0.05) is 30.4 Å². The summed E-state index contributed by atoms with van der Waals surface area (Å²) < 4.78 is 0. The summed E-state index contributed by atoms with van der Waals surface area (Å²) in [5, 5.41) is 3.43. The zero-order chi connectivity index (χ0) is 13.0. The number of hydrogen-bond acceptors (Lipinski definition) is 3. The fraction of sp³-hybridized carbons (Fsp3) is 0.500. The van der Waals surface area contributed by atoms with Crippen LogP contribution >= 0.6 is 12.2 Å². The second-order valence-corrected chi connectivity index (χ2v) is 5.17. The van der Waals surface area contributed by atoms with Gasteiger partial charge in [0.15, 0.2) is 0 Å². The molecule has 18 heavy (non-hydrogen) atoms. The molecule has 3 nitrogen and oxygen atoms in total. The van der Waals surface area contributed by atoms with E-state index in [0.29, 0.717) is 4.99 Å². The van der Waals surface area contributed by atoms with E-state index >= 15 is 0 Å². The van der Waals surface area contributed by atoms with E-state index < -0.39 is 0 Å². The lowest BCUT2D eigenvalue weighted by molar-refractivity contribution is 0.289. The van der Waals surface area contributed by atoms with E-state index in [1.165, 1.54) is 12.8 Å². The Bertz CT molecular complexity index is 398. The fourth-order valence-electron chi connectivity index (χ4n) is 2.13. The van der Waals surface area contributed by atoms with E-state index in [0.717, 1.165) is 36.9 Å². The topological polar surface area (TPSA) is 41.3 Å². The van der Waals surface area contributed by atoms with Gasteiger partial charge >= 0.3 is 0 Å². The first kappa shape index (κ1) is 13.3. The Labute approximate surface area is 114 Å². The number of benzene rings is 1. The van der Waals surface area contributed by atoms with Gasteiger partial charge in [0.05, 0.1) is 0 Å². The highest BCUT2D eigenvalue weighted by Gasteiger charge is 2.26. The minimum Gasteiger partial charge on any atom is -0.389 e. The normalized spacial score (nSPS) is 14.8. The smallest absolute Gasteiger partial charge is 0.103 e. The van der Waals surface area contributed by atoms with Crippen molar-refractivity contribution in [3.05, 3.63) is 29.8 Å². The molecule has 0 amide bonds. The predicted octanol–water partition coefficient (Wildman–Crippen LogP) is 2.22. The summed E-state index contributed by atoms with van der Waals surface area (Å²) in [6, 6.07) is 8.82. The van der Waals surface area contributed by atoms with E-state index in [9.17, 15) is 0 Å². The van der Waals surface area contributed by atoms with Crippen LogP contribution in [0.5, 0.6) is 0 Å². The molecule has 0 unspecified atom stereocenters. The van der Waals surface area contributed by atoms with Gasteiger partial charge in [-0.05, 0) is 43.7 Å². The molecular weight excluding hydrogens is 242 g/mol. The average molecular weight is 263 g/mol. The van der Waals surface area contributed by atoms with E-state index in [1.54, 1.807) is 0 Å². The van der Waals surface area contributed by atoms with Crippen molar-refractivity contribution in [3.8, 4) is 0 Å². The highest BCUT2D eigenvalue weighted by Crippen LogP contribution is 2.25. The number of thiocarbonyl (C=S) groups is 1. The van der Waals surface area contributed by atoms with Gasteiger partial charge in [-0.3, -0.25) is 4.90 Å². The van der Waals surface area contributed by atoms with Crippen molar-refractivity contribution in [2.75, 3.05) is 25.0 Å². The lowest BCUT2D eigenvalue weighted by Crippen LogP contribution is -2.30. The number of hydrogen-bond donors (Lipinski definition) is 2. The van der Waals surface area contributed by atoms with Crippen LogP contribution in [0, 0.1) is 0 Å². The van der Waals surface area contributed by atoms with Gasteiger partial charge < -0.3 is 11.1 Å². The maximum atomic E-state index is 5.57. The van der Waals surface area contributed by atoms with Crippen LogP contribution in [0.25, 0.3) is 0 Å². The van der Waals surface area contributed by atoms with Crippen molar-refractivity contribution in [1.82, 2.24) is 4.90 Å². The number of likely N-dealkylation sites (N-methyl/N-ethyl adjacent to an activating group) is 1. The summed E-state index contributed by atoms with van der Waals surface area (Å²) in [6.07, 6.45) is 2.74. The molecule has 1 saturated carbocycles. The SMILES string of the molecule is CCN(CCNc1ccc(C(N)=S)cc1)C1CC1. The molecular formula is C14H21N3S. The molecule has 1 aromatic rings. The molecule has 0 spiro atoms. The molecule has 1 aliphatic carbocycles. The maximum absolute atomic E-state index is 5.57. The van der Waals surface area contributed by atoms with Gasteiger partial charge in [-0.15, -0.1) is 0 Å². The predicted molar refractivity (Wildman–Crippen MR) is 81.1 cm³/mol. The van der Waals surface area contributed by atoms with Crippen LogP contribution in [-0.2, 0) is 0 Å². The largest absolute Gasteiger partial charge is 0.389 e. The zero-order valence-electron chi connectivity index (χ0n) is 10.9. The fourth-order valence-corrected chi connectivity index (χ4v) is 2.27. The van der Waals surface area contributed by atoms with Crippen molar-refractivity contribution in [2.45, 2.75) is 25.8 Å². The highest BCUT2D eigenvalue weighted by molar-refractivity contribution is 7.80. The van der Waals surface area contributed by atoms with Gasteiger partial charge in [0.1, 0.15) is 4.99 Å². The van der Waals surface area contributed by atoms with Crippen LogP contribution in [0.2, 0.25) is 0 Å². The third kappa shape index (κ3) is 3.68. The van der Waals surface area contributed by atoms with Gasteiger partial charge in [-0.25, -0.2) is 0 Å². The van der Waals surface area contributed by atoms with E-state index in [4.69, 9.17) is 18.0 Å². The molecule has 2 rings (SSSR count). The van der Waals surface area contributed by atoms with Crippen molar-refractivity contribution < 1.29 is 0 Å². The number of nitrogens with two attached hydrogens (primary N) is 1. The van der Waals surface area contributed by atoms with Gasteiger partial charge in [-0.2, -0.15) is 0 Å².